The maximum Gasteiger partial charge on any atom is 0.406 e. The Bertz CT molecular complexity index is 1290. The third-order valence-corrected chi connectivity index (χ3v) is 7.36. The van der Waals surface area contributed by atoms with Crippen molar-refractivity contribution in [3.63, 3.8) is 0 Å². The number of hydrogen-bond donors (Lipinski definition) is 3. The fourth-order valence-corrected chi connectivity index (χ4v) is 5.17. The van der Waals surface area contributed by atoms with E-state index in [-0.39, 0.29) is 19.2 Å². The highest BCUT2D eigenvalue weighted by Gasteiger charge is 2.30. The summed E-state index contributed by atoms with van der Waals surface area (Å²) in [6.45, 7) is 1.69. The number of rotatable bonds is 9. The van der Waals surface area contributed by atoms with Gasteiger partial charge in [0.2, 0.25) is 0 Å². The first-order chi connectivity index (χ1) is 18.3. The van der Waals surface area contributed by atoms with Crippen LogP contribution >= 0.6 is 11.8 Å². The van der Waals surface area contributed by atoms with Crippen molar-refractivity contribution in [2.75, 3.05) is 56.8 Å². The van der Waals surface area contributed by atoms with Crippen molar-refractivity contribution in [3.8, 4) is 17.6 Å². The molecule has 1 saturated heterocycles. The van der Waals surface area contributed by atoms with E-state index in [1.807, 2.05) is 30.5 Å². The zero-order valence-corrected chi connectivity index (χ0v) is 22.4. The number of thioether (sulfide) groups is 1. The topological polar surface area (TPSA) is 61.7 Å². The van der Waals surface area contributed by atoms with Gasteiger partial charge in [0.25, 0.3) is 0 Å². The molecule has 38 heavy (non-hydrogen) atoms. The quantitative estimate of drug-likeness (QED) is 0.251. The summed E-state index contributed by atoms with van der Waals surface area (Å²) in [5.74, 6) is 6.62. The first-order valence-corrected chi connectivity index (χ1v) is 13.8. The lowest BCUT2D eigenvalue weighted by Gasteiger charge is -2.32. The summed E-state index contributed by atoms with van der Waals surface area (Å²) in [7, 11) is 1.59. The van der Waals surface area contributed by atoms with Gasteiger partial charge < -0.3 is 29.9 Å². The number of anilines is 2. The van der Waals surface area contributed by atoms with Crippen LogP contribution in [0.2, 0.25) is 0 Å². The Morgan fingerprint density at radius 3 is 2.61 bits per heavy atom. The van der Waals surface area contributed by atoms with Crippen LogP contribution in [0.1, 0.15) is 18.5 Å². The number of methoxy groups -OCH3 is 1. The van der Waals surface area contributed by atoms with Crippen molar-refractivity contribution < 1.29 is 23.0 Å². The molecular formula is C28H33F3N4O2S. The minimum Gasteiger partial charge on any atom is -0.495 e. The van der Waals surface area contributed by atoms with Crippen molar-refractivity contribution in [3.05, 3.63) is 48.2 Å². The van der Waals surface area contributed by atoms with Crippen LogP contribution in [-0.2, 0) is 6.54 Å². The van der Waals surface area contributed by atoms with E-state index in [0.717, 1.165) is 47.6 Å². The molecule has 0 radical (unpaired) electrons. The van der Waals surface area contributed by atoms with Crippen LogP contribution in [0.3, 0.4) is 0 Å². The van der Waals surface area contributed by atoms with Crippen molar-refractivity contribution in [2.45, 2.75) is 36.5 Å². The van der Waals surface area contributed by atoms with E-state index in [1.54, 1.807) is 37.1 Å². The highest BCUT2D eigenvalue weighted by Crippen LogP contribution is 2.32. The average Bonchev–Trinajstić information content (AvgIpc) is 3.24. The average molecular weight is 547 g/mol. The maximum atomic E-state index is 13.5. The highest BCUT2D eigenvalue weighted by molar-refractivity contribution is 7.98. The van der Waals surface area contributed by atoms with Crippen molar-refractivity contribution in [2.24, 2.45) is 0 Å². The van der Waals surface area contributed by atoms with Gasteiger partial charge in [-0.15, -0.1) is 11.8 Å². The number of ether oxygens (including phenoxy) is 1. The number of nitrogens with one attached hydrogen (secondary N) is 2. The summed E-state index contributed by atoms with van der Waals surface area (Å²) in [6, 6.07) is 13.1. The molecule has 1 aromatic heterocycles. The van der Waals surface area contributed by atoms with E-state index in [2.05, 4.69) is 27.4 Å². The lowest BCUT2D eigenvalue weighted by atomic mass is 10.0. The van der Waals surface area contributed by atoms with Crippen LogP contribution in [0, 0.1) is 11.8 Å². The second-order valence-electron chi connectivity index (χ2n) is 9.17. The number of nitrogens with zero attached hydrogens (tertiary/aromatic N) is 2. The summed E-state index contributed by atoms with van der Waals surface area (Å²) in [5, 5.41) is 16.6. The number of aromatic nitrogens is 1. The molecule has 204 valence electrons. The minimum atomic E-state index is -4.38. The predicted octanol–water partition coefficient (Wildman–Crippen LogP) is 5.27. The smallest absolute Gasteiger partial charge is 0.406 e. The molecule has 3 aromatic rings. The summed E-state index contributed by atoms with van der Waals surface area (Å²) in [5.41, 5.74) is 2.39. The Kier molecular flexibility index (Phi) is 9.36. The fraction of sp³-hybridized carbons (Fsp3) is 0.429. The van der Waals surface area contributed by atoms with Crippen LogP contribution in [0.15, 0.2) is 47.4 Å². The number of benzene rings is 2. The van der Waals surface area contributed by atoms with Crippen LogP contribution in [0.4, 0.5) is 24.5 Å². The molecule has 2 heterocycles. The third kappa shape index (κ3) is 7.10. The van der Waals surface area contributed by atoms with Gasteiger partial charge in [0.1, 0.15) is 12.3 Å². The van der Waals surface area contributed by atoms with E-state index in [0.29, 0.717) is 23.5 Å². The van der Waals surface area contributed by atoms with Crippen LogP contribution < -0.4 is 15.4 Å². The molecule has 10 heteroatoms. The van der Waals surface area contributed by atoms with E-state index >= 15 is 0 Å². The second kappa shape index (κ2) is 12.7. The largest absolute Gasteiger partial charge is 0.495 e. The van der Waals surface area contributed by atoms with Crippen molar-refractivity contribution >= 4 is 34.0 Å². The standard InChI is InChI=1S/C28H33F3N4O2S/c1-37-27-18-22(38-2)8-9-25(27)32-12-4-5-21-17-23-24(33-20-10-13-34(14-11-20)15-16-36)6-3-7-26(23)35(21)19-28(29,30)31/h3,6-9,17-18,20,32-33,36H,10-16,19H2,1-2H3. The first-order valence-electron chi connectivity index (χ1n) is 12.5. The van der Waals surface area contributed by atoms with Gasteiger partial charge in [-0.1, -0.05) is 12.0 Å². The molecule has 0 aliphatic carbocycles. The van der Waals surface area contributed by atoms with Crippen LogP contribution in [0.25, 0.3) is 10.9 Å². The molecule has 0 bridgehead atoms. The number of aliphatic hydroxyl groups excluding tert-OH is 1. The second-order valence-corrected chi connectivity index (χ2v) is 10.1. The molecule has 0 atom stereocenters. The van der Waals surface area contributed by atoms with Crippen LogP contribution in [0.5, 0.6) is 5.75 Å². The van der Waals surface area contributed by atoms with E-state index in [9.17, 15) is 13.2 Å². The number of aliphatic hydroxyl groups is 1. The molecular weight excluding hydrogens is 513 g/mol. The third-order valence-electron chi connectivity index (χ3n) is 6.64. The maximum absolute atomic E-state index is 13.5. The molecule has 0 saturated carbocycles. The number of fused-ring (bicyclic) bond motifs is 1. The summed E-state index contributed by atoms with van der Waals surface area (Å²) >= 11 is 1.61. The Balaban J connectivity index is 1.55. The SMILES string of the molecule is COc1cc(SC)ccc1NCC#Cc1cc2c(NC3CCN(CCO)CC3)cccc2n1CC(F)(F)F. The van der Waals surface area contributed by atoms with E-state index in [4.69, 9.17) is 9.84 Å². The van der Waals surface area contributed by atoms with Gasteiger partial charge in [0.05, 0.1) is 37.2 Å². The van der Waals surface area contributed by atoms with E-state index in [1.165, 1.54) is 4.57 Å². The summed E-state index contributed by atoms with van der Waals surface area (Å²) < 4.78 is 47.2. The van der Waals surface area contributed by atoms with Crippen LogP contribution in [-0.4, -0.2) is 72.9 Å². The monoisotopic (exact) mass is 546 g/mol. The Morgan fingerprint density at radius 1 is 1.13 bits per heavy atom. The summed E-state index contributed by atoms with van der Waals surface area (Å²) in [6.07, 6.45) is -0.592. The minimum absolute atomic E-state index is 0.140. The summed E-state index contributed by atoms with van der Waals surface area (Å²) in [4.78, 5) is 3.28. The van der Waals surface area contributed by atoms with Gasteiger partial charge in [-0.3, -0.25) is 0 Å². The molecule has 4 rings (SSSR count). The number of hydrogen-bond acceptors (Lipinski definition) is 6. The number of alkyl halides is 3. The number of β-amino-alcohol motifs (C(OH)–C–C–N with tert-alkyl or cyclic N) is 1. The normalized spacial score (nSPS) is 14.8. The first kappa shape index (κ1) is 28.0. The van der Waals surface area contributed by atoms with E-state index < -0.39 is 12.7 Å². The molecule has 0 amide bonds. The molecule has 6 nitrogen and oxygen atoms in total. The predicted molar refractivity (Wildman–Crippen MR) is 148 cm³/mol. The molecule has 3 N–H and O–H groups in total. The van der Waals surface area contributed by atoms with Gasteiger partial charge in [-0.2, -0.15) is 13.2 Å². The van der Waals surface area contributed by atoms with Crippen molar-refractivity contribution in [1.29, 1.82) is 0 Å². The van der Waals surface area contributed by atoms with Gasteiger partial charge >= 0.3 is 6.18 Å². The zero-order valence-electron chi connectivity index (χ0n) is 21.6. The van der Waals surface area contributed by atoms with Gasteiger partial charge in [0, 0.05) is 41.6 Å². The Hall–Kier alpha value is -3.00. The van der Waals surface area contributed by atoms with Gasteiger partial charge in [0.15, 0.2) is 0 Å². The Morgan fingerprint density at radius 2 is 1.92 bits per heavy atom. The lowest BCUT2D eigenvalue weighted by molar-refractivity contribution is -0.140. The molecule has 2 aromatic carbocycles. The zero-order chi connectivity index (χ0) is 27.1. The lowest BCUT2D eigenvalue weighted by Crippen LogP contribution is -2.40. The van der Waals surface area contributed by atoms with Crippen molar-refractivity contribution in [1.82, 2.24) is 9.47 Å². The fourth-order valence-electron chi connectivity index (χ4n) is 4.74. The van der Waals surface area contributed by atoms with Gasteiger partial charge in [-0.05, 0) is 61.4 Å². The molecule has 0 unspecified atom stereocenters. The molecule has 1 aliphatic heterocycles. The van der Waals surface area contributed by atoms with Gasteiger partial charge in [-0.25, -0.2) is 0 Å². The molecule has 1 fully saturated rings. The number of likely N-dealkylation sites (tertiary alicyclic amines) is 1. The number of halogens is 3. The Labute approximate surface area is 225 Å². The number of piperidine rings is 1. The molecule has 1 aliphatic rings. The molecule has 0 spiro atoms. The highest BCUT2D eigenvalue weighted by atomic mass is 32.2.